The lowest BCUT2D eigenvalue weighted by Gasteiger charge is -2.07. The zero-order valence-electron chi connectivity index (χ0n) is 11.7. The van der Waals surface area contributed by atoms with Crippen LogP contribution < -0.4 is 0 Å². The number of rotatable bonds is 4. The fraction of sp³-hybridized carbons (Fsp3) is 0.294. The zero-order valence-corrected chi connectivity index (χ0v) is 11.7. The number of aryl methyl sites for hydroxylation is 1. The van der Waals surface area contributed by atoms with Crippen LogP contribution in [0.5, 0.6) is 0 Å². The van der Waals surface area contributed by atoms with Gasteiger partial charge in [-0.3, -0.25) is 9.78 Å². The largest absolute Gasteiger partial charge is 0.294 e. The summed E-state index contributed by atoms with van der Waals surface area (Å²) in [7, 11) is 0. The molecule has 0 unspecified atom stereocenters. The van der Waals surface area contributed by atoms with Crippen molar-refractivity contribution in [2.75, 3.05) is 0 Å². The molecule has 0 spiro atoms. The number of carbonyl (C=O) groups excluding carboxylic acids is 1. The molecule has 0 atom stereocenters. The van der Waals surface area contributed by atoms with E-state index in [0.29, 0.717) is 12.3 Å². The van der Waals surface area contributed by atoms with Crippen molar-refractivity contribution in [2.45, 2.75) is 33.1 Å². The van der Waals surface area contributed by atoms with Crippen LogP contribution in [-0.2, 0) is 6.42 Å². The Morgan fingerprint density at radius 2 is 1.84 bits per heavy atom. The maximum Gasteiger partial charge on any atom is 0.169 e. The van der Waals surface area contributed by atoms with Crippen LogP contribution in [0.4, 0.5) is 0 Å². The SMILES string of the molecule is Cc1ncccc1C(=O)Cc1ccc(C(C)C)cc1. The zero-order chi connectivity index (χ0) is 13.8. The summed E-state index contributed by atoms with van der Waals surface area (Å²) < 4.78 is 0. The number of carbonyl (C=O) groups is 1. The van der Waals surface area contributed by atoms with Crippen molar-refractivity contribution in [1.82, 2.24) is 4.98 Å². The van der Waals surface area contributed by atoms with Gasteiger partial charge in [-0.15, -0.1) is 0 Å². The number of ketones is 1. The number of benzene rings is 1. The summed E-state index contributed by atoms with van der Waals surface area (Å²) in [5.41, 5.74) is 3.87. The Morgan fingerprint density at radius 1 is 1.16 bits per heavy atom. The van der Waals surface area contributed by atoms with Gasteiger partial charge < -0.3 is 0 Å². The molecule has 0 aliphatic rings. The highest BCUT2D eigenvalue weighted by Gasteiger charge is 2.10. The van der Waals surface area contributed by atoms with Crippen molar-refractivity contribution in [3.05, 3.63) is 65.0 Å². The highest BCUT2D eigenvalue weighted by Crippen LogP contribution is 2.16. The van der Waals surface area contributed by atoms with Gasteiger partial charge in [0.25, 0.3) is 0 Å². The molecule has 0 fully saturated rings. The Kier molecular flexibility index (Phi) is 4.10. The normalized spacial score (nSPS) is 10.7. The van der Waals surface area contributed by atoms with Crippen molar-refractivity contribution < 1.29 is 4.79 Å². The minimum absolute atomic E-state index is 0.128. The van der Waals surface area contributed by atoms with Gasteiger partial charge in [0.05, 0.1) is 0 Å². The summed E-state index contributed by atoms with van der Waals surface area (Å²) in [6.45, 7) is 6.20. The van der Waals surface area contributed by atoms with E-state index >= 15 is 0 Å². The molecule has 0 aliphatic carbocycles. The second-order valence-electron chi connectivity index (χ2n) is 5.13. The number of nitrogens with zero attached hydrogens (tertiary/aromatic N) is 1. The highest BCUT2D eigenvalue weighted by molar-refractivity contribution is 5.98. The molecule has 98 valence electrons. The van der Waals surface area contributed by atoms with Crippen molar-refractivity contribution >= 4 is 5.78 Å². The van der Waals surface area contributed by atoms with E-state index in [1.54, 1.807) is 6.20 Å². The molecule has 2 heteroatoms. The quantitative estimate of drug-likeness (QED) is 0.772. The third-order valence-electron chi connectivity index (χ3n) is 3.32. The summed E-state index contributed by atoms with van der Waals surface area (Å²) in [6.07, 6.45) is 2.15. The second kappa shape index (κ2) is 5.79. The molecular formula is C17H19NO. The minimum atomic E-state index is 0.128. The lowest BCUT2D eigenvalue weighted by atomic mass is 9.98. The molecule has 1 aromatic heterocycles. The maximum atomic E-state index is 12.2. The van der Waals surface area contributed by atoms with Crippen LogP contribution in [0.3, 0.4) is 0 Å². The molecule has 2 aromatic rings. The van der Waals surface area contributed by atoms with Gasteiger partial charge in [0.2, 0.25) is 0 Å². The molecule has 2 rings (SSSR count). The first-order valence-corrected chi connectivity index (χ1v) is 6.61. The average molecular weight is 253 g/mol. The predicted octanol–water partition coefficient (Wildman–Crippen LogP) is 3.94. The highest BCUT2D eigenvalue weighted by atomic mass is 16.1. The first-order chi connectivity index (χ1) is 9.08. The molecule has 0 radical (unpaired) electrons. The minimum Gasteiger partial charge on any atom is -0.294 e. The summed E-state index contributed by atoms with van der Waals surface area (Å²) in [5, 5.41) is 0. The summed E-state index contributed by atoms with van der Waals surface area (Å²) in [4.78, 5) is 16.4. The molecule has 19 heavy (non-hydrogen) atoms. The third-order valence-corrected chi connectivity index (χ3v) is 3.32. The van der Waals surface area contributed by atoms with Crippen LogP contribution in [0.15, 0.2) is 42.6 Å². The number of hydrogen-bond donors (Lipinski definition) is 0. The Bertz CT molecular complexity index is 570. The van der Waals surface area contributed by atoms with Crippen molar-refractivity contribution in [1.29, 1.82) is 0 Å². The molecule has 0 aliphatic heterocycles. The van der Waals surface area contributed by atoms with Gasteiger partial charge in [-0.2, -0.15) is 0 Å². The fourth-order valence-corrected chi connectivity index (χ4v) is 2.08. The standard InChI is InChI=1S/C17H19NO/c1-12(2)15-8-6-14(7-9-15)11-17(19)16-5-4-10-18-13(16)3/h4-10,12H,11H2,1-3H3. The first kappa shape index (κ1) is 13.5. The third kappa shape index (κ3) is 3.28. The second-order valence-corrected chi connectivity index (χ2v) is 5.13. The topological polar surface area (TPSA) is 30.0 Å². The molecule has 0 amide bonds. The van der Waals surface area contributed by atoms with E-state index in [1.807, 2.05) is 31.2 Å². The van der Waals surface area contributed by atoms with Crippen LogP contribution in [-0.4, -0.2) is 10.8 Å². The van der Waals surface area contributed by atoms with E-state index in [2.05, 4.69) is 31.0 Å². The Labute approximate surface area is 114 Å². The molecule has 1 aromatic carbocycles. The summed E-state index contributed by atoms with van der Waals surface area (Å²) in [5.74, 6) is 0.646. The van der Waals surface area contributed by atoms with Crippen molar-refractivity contribution in [3.63, 3.8) is 0 Å². The molecule has 0 saturated carbocycles. The van der Waals surface area contributed by atoms with Crippen LogP contribution in [0.25, 0.3) is 0 Å². The Balaban J connectivity index is 2.13. The fourth-order valence-electron chi connectivity index (χ4n) is 2.08. The summed E-state index contributed by atoms with van der Waals surface area (Å²) in [6, 6.07) is 11.9. The smallest absolute Gasteiger partial charge is 0.169 e. The van der Waals surface area contributed by atoms with Crippen molar-refractivity contribution in [3.8, 4) is 0 Å². The van der Waals surface area contributed by atoms with Crippen LogP contribution in [0.2, 0.25) is 0 Å². The van der Waals surface area contributed by atoms with Gasteiger partial charge in [-0.1, -0.05) is 38.1 Å². The van der Waals surface area contributed by atoms with Gasteiger partial charge in [0, 0.05) is 23.9 Å². The average Bonchev–Trinajstić information content (AvgIpc) is 2.39. The van der Waals surface area contributed by atoms with Gasteiger partial charge in [0.15, 0.2) is 5.78 Å². The monoisotopic (exact) mass is 253 g/mol. The Morgan fingerprint density at radius 3 is 2.42 bits per heavy atom. The van der Waals surface area contributed by atoms with Gasteiger partial charge in [-0.25, -0.2) is 0 Å². The number of Topliss-reactive ketones (excluding diaryl/α,β-unsaturated/α-hetero) is 1. The lowest BCUT2D eigenvalue weighted by molar-refractivity contribution is 0.0992. The number of aromatic nitrogens is 1. The number of hydrogen-bond acceptors (Lipinski definition) is 2. The van der Waals surface area contributed by atoms with Gasteiger partial charge in [-0.05, 0) is 36.1 Å². The maximum absolute atomic E-state index is 12.2. The summed E-state index contributed by atoms with van der Waals surface area (Å²) >= 11 is 0. The van der Waals surface area contributed by atoms with E-state index < -0.39 is 0 Å². The van der Waals surface area contributed by atoms with E-state index in [9.17, 15) is 4.79 Å². The van der Waals surface area contributed by atoms with Gasteiger partial charge in [0.1, 0.15) is 0 Å². The molecule has 0 bridgehead atoms. The molecular weight excluding hydrogens is 234 g/mol. The predicted molar refractivity (Wildman–Crippen MR) is 77.5 cm³/mol. The molecule has 1 heterocycles. The van der Waals surface area contributed by atoms with Crippen LogP contribution in [0, 0.1) is 6.92 Å². The van der Waals surface area contributed by atoms with Crippen molar-refractivity contribution in [2.24, 2.45) is 0 Å². The first-order valence-electron chi connectivity index (χ1n) is 6.61. The Hall–Kier alpha value is -1.96. The molecule has 0 N–H and O–H groups in total. The van der Waals surface area contributed by atoms with E-state index in [4.69, 9.17) is 0 Å². The lowest BCUT2D eigenvalue weighted by Crippen LogP contribution is -2.06. The number of pyridine rings is 1. The van der Waals surface area contributed by atoms with Gasteiger partial charge >= 0.3 is 0 Å². The van der Waals surface area contributed by atoms with E-state index in [-0.39, 0.29) is 5.78 Å². The van der Waals surface area contributed by atoms with Crippen LogP contribution >= 0.6 is 0 Å². The van der Waals surface area contributed by atoms with E-state index in [0.717, 1.165) is 16.8 Å². The van der Waals surface area contributed by atoms with Crippen LogP contribution in [0.1, 0.15) is 46.9 Å². The molecule has 2 nitrogen and oxygen atoms in total. The molecule has 0 saturated heterocycles. The van der Waals surface area contributed by atoms with E-state index in [1.165, 1.54) is 5.56 Å².